The average Bonchev–Trinajstić information content (AvgIpc) is 2.80. The fourth-order valence-corrected chi connectivity index (χ4v) is 5.54. The van der Waals surface area contributed by atoms with Crippen LogP contribution in [-0.4, -0.2) is 59.5 Å². The van der Waals surface area contributed by atoms with Crippen molar-refractivity contribution < 1.29 is 17.6 Å². The van der Waals surface area contributed by atoms with Crippen molar-refractivity contribution in [3.63, 3.8) is 0 Å². The molecular formula is C18H22ClFN4O3S. The maximum Gasteiger partial charge on any atom is 0.255 e. The molecule has 1 aromatic carbocycles. The summed E-state index contributed by atoms with van der Waals surface area (Å²) in [6, 6.07) is 3.63. The number of benzene rings is 1. The molecular weight excluding hydrogens is 407 g/mol. The highest BCUT2D eigenvalue weighted by Crippen LogP contribution is 2.25. The summed E-state index contributed by atoms with van der Waals surface area (Å²) in [5, 5.41) is 4.24. The molecule has 152 valence electrons. The van der Waals surface area contributed by atoms with Crippen molar-refractivity contribution in [1.82, 2.24) is 19.0 Å². The summed E-state index contributed by atoms with van der Waals surface area (Å²) in [5.41, 5.74) is 1.24. The van der Waals surface area contributed by atoms with Gasteiger partial charge in [0.2, 0.25) is 10.0 Å². The number of halogens is 2. The van der Waals surface area contributed by atoms with Crippen molar-refractivity contribution in [3.05, 3.63) is 46.0 Å². The standard InChI is InChI=1S/C18H22ClFN4O3S/c1-12-17(13(2)22(3)21-12)28(26,27)24-8-4-7-23(9-10-24)18(25)15-6-5-14(20)11-16(15)19/h5-6,11H,4,7-10H2,1-3H3. The minimum atomic E-state index is -3.72. The van der Waals surface area contributed by atoms with Gasteiger partial charge in [0.15, 0.2) is 0 Å². The molecule has 0 radical (unpaired) electrons. The van der Waals surface area contributed by atoms with Crippen LogP contribution >= 0.6 is 11.6 Å². The first-order valence-corrected chi connectivity index (χ1v) is 10.7. The van der Waals surface area contributed by atoms with Gasteiger partial charge in [0.05, 0.1) is 22.0 Å². The second-order valence-electron chi connectivity index (χ2n) is 6.80. The van der Waals surface area contributed by atoms with Crippen LogP contribution in [0.25, 0.3) is 0 Å². The predicted molar refractivity (Wildman–Crippen MR) is 103 cm³/mol. The summed E-state index contributed by atoms with van der Waals surface area (Å²) in [6.45, 7) is 4.48. The molecule has 2 heterocycles. The average molecular weight is 429 g/mol. The summed E-state index contributed by atoms with van der Waals surface area (Å²) in [4.78, 5) is 14.5. The lowest BCUT2D eigenvalue weighted by Crippen LogP contribution is -2.37. The maximum atomic E-state index is 13.2. The van der Waals surface area contributed by atoms with Crippen LogP contribution in [0.15, 0.2) is 23.1 Å². The predicted octanol–water partition coefficient (Wildman–Crippen LogP) is 2.37. The van der Waals surface area contributed by atoms with Gasteiger partial charge in [-0.15, -0.1) is 0 Å². The summed E-state index contributed by atoms with van der Waals surface area (Å²) in [7, 11) is -2.01. The van der Waals surface area contributed by atoms with Crippen LogP contribution in [0.3, 0.4) is 0 Å². The number of carbonyl (C=O) groups is 1. The van der Waals surface area contributed by atoms with Gasteiger partial charge in [0.1, 0.15) is 10.7 Å². The normalized spacial score (nSPS) is 16.2. The molecule has 0 bridgehead atoms. The molecule has 28 heavy (non-hydrogen) atoms. The first kappa shape index (κ1) is 20.8. The zero-order chi connectivity index (χ0) is 20.6. The number of hydrogen-bond donors (Lipinski definition) is 0. The van der Waals surface area contributed by atoms with E-state index in [1.54, 1.807) is 30.5 Å². The van der Waals surface area contributed by atoms with E-state index in [1.165, 1.54) is 16.4 Å². The van der Waals surface area contributed by atoms with Gasteiger partial charge in [0, 0.05) is 33.2 Å². The maximum absolute atomic E-state index is 13.2. The van der Waals surface area contributed by atoms with Crippen LogP contribution in [0.1, 0.15) is 28.2 Å². The van der Waals surface area contributed by atoms with E-state index in [-0.39, 0.29) is 34.5 Å². The Balaban J connectivity index is 1.80. The Morgan fingerprint density at radius 2 is 1.89 bits per heavy atom. The monoisotopic (exact) mass is 428 g/mol. The number of hydrogen-bond acceptors (Lipinski definition) is 4. The number of carbonyl (C=O) groups excluding carboxylic acids is 1. The molecule has 1 amide bonds. The van der Waals surface area contributed by atoms with Crippen LogP contribution in [0.2, 0.25) is 5.02 Å². The fourth-order valence-electron chi connectivity index (χ4n) is 3.43. The molecule has 0 aliphatic carbocycles. The van der Waals surface area contributed by atoms with Gasteiger partial charge in [-0.25, -0.2) is 12.8 Å². The molecule has 0 unspecified atom stereocenters. The van der Waals surface area contributed by atoms with Crippen molar-refractivity contribution in [3.8, 4) is 0 Å². The minimum Gasteiger partial charge on any atom is -0.337 e. The smallest absolute Gasteiger partial charge is 0.255 e. The van der Waals surface area contributed by atoms with Crippen molar-refractivity contribution in [2.24, 2.45) is 7.05 Å². The van der Waals surface area contributed by atoms with Crippen molar-refractivity contribution in [2.45, 2.75) is 25.2 Å². The minimum absolute atomic E-state index is 0.0420. The second-order valence-corrected chi connectivity index (χ2v) is 9.08. The highest BCUT2D eigenvalue weighted by atomic mass is 35.5. The molecule has 1 aliphatic heterocycles. The molecule has 10 heteroatoms. The van der Waals surface area contributed by atoms with Crippen LogP contribution in [0.5, 0.6) is 0 Å². The Hall–Kier alpha value is -1.97. The van der Waals surface area contributed by atoms with Crippen LogP contribution in [0, 0.1) is 19.7 Å². The number of sulfonamides is 1. The zero-order valence-electron chi connectivity index (χ0n) is 15.9. The highest BCUT2D eigenvalue weighted by Gasteiger charge is 2.32. The zero-order valence-corrected chi connectivity index (χ0v) is 17.5. The Kier molecular flexibility index (Phi) is 5.79. The third-order valence-electron chi connectivity index (χ3n) is 4.94. The fraction of sp³-hybridized carbons (Fsp3) is 0.444. The number of aromatic nitrogens is 2. The molecule has 1 saturated heterocycles. The van der Waals surface area contributed by atoms with Gasteiger partial charge < -0.3 is 4.90 Å². The van der Waals surface area contributed by atoms with Gasteiger partial charge in [-0.3, -0.25) is 9.48 Å². The van der Waals surface area contributed by atoms with E-state index in [9.17, 15) is 17.6 Å². The van der Waals surface area contributed by atoms with E-state index in [1.807, 2.05) is 0 Å². The Morgan fingerprint density at radius 1 is 1.18 bits per heavy atom. The molecule has 0 N–H and O–H groups in total. The molecule has 1 aliphatic rings. The van der Waals surface area contributed by atoms with E-state index in [0.717, 1.165) is 6.07 Å². The topological polar surface area (TPSA) is 75.5 Å². The summed E-state index contributed by atoms with van der Waals surface area (Å²) in [5.74, 6) is -0.852. The van der Waals surface area contributed by atoms with Crippen LogP contribution in [-0.2, 0) is 17.1 Å². The third kappa shape index (κ3) is 3.78. The number of nitrogens with zero attached hydrogens (tertiary/aromatic N) is 4. The van der Waals surface area contributed by atoms with Gasteiger partial charge in [-0.2, -0.15) is 9.40 Å². The van der Waals surface area contributed by atoms with Crippen LogP contribution < -0.4 is 0 Å². The van der Waals surface area contributed by atoms with Gasteiger partial charge in [-0.05, 0) is 38.5 Å². The van der Waals surface area contributed by atoms with Gasteiger partial charge >= 0.3 is 0 Å². The van der Waals surface area contributed by atoms with E-state index in [0.29, 0.717) is 30.9 Å². The lowest BCUT2D eigenvalue weighted by atomic mass is 10.2. The Bertz CT molecular complexity index is 1020. The Labute approximate surface area is 168 Å². The van der Waals surface area contributed by atoms with Crippen LogP contribution in [0.4, 0.5) is 4.39 Å². The highest BCUT2D eigenvalue weighted by molar-refractivity contribution is 7.89. The van der Waals surface area contributed by atoms with E-state index in [4.69, 9.17) is 11.6 Å². The molecule has 1 aromatic heterocycles. The SMILES string of the molecule is Cc1nn(C)c(C)c1S(=O)(=O)N1CCCN(C(=O)c2ccc(F)cc2Cl)CC1. The molecule has 3 rings (SSSR count). The first-order chi connectivity index (χ1) is 13.1. The number of amides is 1. The molecule has 0 atom stereocenters. The van der Waals surface area contributed by atoms with E-state index >= 15 is 0 Å². The molecule has 0 spiro atoms. The summed E-state index contributed by atoms with van der Waals surface area (Å²) >= 11 is 6.00. The molecule has 2 aromatic rings. The number of aryl methyl sites for hydroxylation is 2. The molecule has 0 saturated carbocycles. The number of rotatable bonds is 3. The summed E-state index contributed by atoms with van der Waals surface area (Å²) in [6.07, 6.45) is 0.488. The molecule has 7 nitrogen and oxygen atoms in total. The van der Waals surface area contributed by atoms with Crippen molar-refractivity contribution in [2.75, 3.05) is 26.2 Å². The Morgan fingerprint density at radius 3 is 2.50 bits per heavy atom. The van der Waals surface area contributed by atoms with E-state index in [2.05, 4.69) is 5.10 Å². The second kappa shape index (κ2) is 7.81. The van der Waals surface area contributed by atoms with E-state index < -0.39 is 15.8 Å². The lowest BCUT2D eigenvalue weighted by Gasteiger charge is -2.22. The van der Waals surface area contributed by atoms with Crippen molar-refractivity contribution in [1.29, 1.82) is 0 Å². The lowest BCUT2D eigenvalue weighted by molar-refractivity contribution is 0.0764. The van der Waals surface area contributed by atoms with Gasteiger partial charge in [-0.1, -0.05) is 11.6 Å². The van der Waals surface area contributed by atoms with Crippen molar-refractivity contribution >= 4 is 27.5 Å². The molecule has 1 fully saturated rings. The largest absolute Gasteiger partial charge is 0.337 e. The quantitative estimate of drug-likeness (QED) is 0.752. The third-order valence-corrected chi connectivity index (χ3v) is 7.41. The van der Waals surface area contributed by atoms with Gasteiger partial charge in [0.25, 0.3) is 5.91 Å². The summed E-state index contributed by atoms with van der Waals surface area (Å²) < 4.78 is 42.5. The first-order valence-electron chi connectivity index (χ1n) is 8.87.